The monoisotopic (exact) mass is 334 g/mol. The van der Waals surface area contributed by atoms with Gasteiger partial charge >= 0.3 is 0 Å². The van der Waals surface area contributed by atoms with Crippen LogP contribution in [-0.2, 0) is 4.79 Å². The number of hydrogen-bond acceptors (Lipinski definition) is 3. The molecule has 2 aromatic carbocycles. The number of nitrogens with one attached hydrogen (secondary N) is 2. The number of amides is 1. The molecule has 0 atom stereocenters. The number of rotatable bonds is 8. The molecule has 1 saturated carbocycles. The molecular weight excluding hydrogens is 312 g/mol. The number of carbonyl (C=O) groups is 1. The summed E-state index contributed by atoms with van der Waals surface area (Å²) in [4.78, 5) is 11.6. The molecule has 1 aliphatic carbocycles. The summed E-state index contributed by atoms with van der Waals surface area (Å²) in [5.74, 6) is 1.68. The lowest BCUT2D eigenvalue weighted by molar-refractivity contribution is -0.120. The highest BCUT2D eigenvalue weighted by atomic mass is 35.5. The maximum absolute atomic E-state index is 11.6. The predicted octanol–water partition coefficient (Wildman–Crippen LogP) is 2.76. The van der Waals surface area contributed by atoms with E-state index in [0.717, 1.165) is 29.0 Å². The van der Waals surface area contributed by atoms with Crippen molar-refractivity contribution >= 4 is 29.1 Å². The van der Waals surface area contributed by atoms with Crippen LogP contribution in [0.15, 0.2) is 42.5 Å². The summed E-state index contributed by atoms with van der Waals surface area (Å²) >= 11 is 0. The van der Waals surface area contributed by atoms with Crippen molar-refractivity contribution in [1.29, 1.82) is 0 Å². The van der Waals surface area contributed by atoms with E-state index in [1.807, 2.05) is 30.3 Å². The summed E-state index contributed by atoms with van der Waals surface area (Å²) < 4.78 is 5.79. The lowest BCUT2D eigenvalue weighted by Gasteiger charge is -2.10. The van der Waals surface area contributed by atoms with E-state index in [0.29, 0.717) is 19.7 Å². The van der Waals surface area contributed by atoms with Gasteiger partial charge in [-0.2, -0.15) is 0 Å². The van der Waals surface area contributed by atoms with Gasteiger partial charge in [-0.3, -0.25) is 4.79 Å². The van der Waals surface area contributed by atoms with Gasteiger partial charge in [-0.25, -0.2) is 0 Å². The fraction of sp³-hybridized carbons (Fsp3) is 0.389. The molecule has 0 aromatic heterocycles. The van der Waals surface area contributed by atoms with Crippen molar-refractivity contribution < 1.29 is 9.53 Å². The quantitative estimate of drug-likeness (QED) is 0.730. The van der Waals surface area contributed by atoms with E-state index in [2.05, 4.69) is 22.8 Å². The minimum Gasteiger partial charge on any atom is -0.491 e. The Morgan fingerprint density at radius 3 is 2.74 bits per heavy atom. The largest absolute Gasteiger partial charge is 0.491 e. The molecule has 0 aliphatic heterocycles. The molecule has 3 rings (SSSR count). The Hall–Kier alpha value is -1.78. The fourth-order valence-electron chi connectivity index (χ4n) is 2.45. The number of fused-ring (bicyclic) bond motifs is 1. The van der Waals surface area contributed by atoms with Gasteiger partial charge in [-0.15, -0.1) is 12.4 Å². The number of hydrogen-bond donors (Lipinski definition) is 2. The van der Waals surface area contributed by atoms with Gasteiger partial charge in [0.1, 0.15) is 12.4 Å². The van der Waals surface area contributed by atoms with Gasteiger partial charge in [0.05, 0.1) is 13.1 Å². The molecule has 1 fully saturated rings. The summed E-state index contributed by atoms with van der Waals surface area (Å²) in [6, 6.07) is 14.1. The van der Waals surface area contributed by atoms with Gasteiger partial charge < -0.3 is 15.4 Å². The Morgan fingerprint density at radius 1 is 1.13 bits per heavy atom. The summed E-state index contributed by atoms with van der Waals surface area (Å²) in [6.45, 7) is 2.35. The smallest absolute Gasteiger partial charge is 0.234 e. The van der Waals surface area contributed by atoms with Crippen LogP contribution in [0.3, 0.4) is 0 Å². The molecule has 124 valence electrons. The van der Waals surface area contributed by atoms with Gasteiger partial charge in [-0.05, 0) is 36.8 Å². The average molecular weight is 335 g/mol. The predicted molar refractivity (Wildman–Crippen MR) is 95.3 cm³/mol. The second kappa shape index (κ2) is 8.75. The Bertz CT molecular complexity index is 638. The fourth-order valence-corrected chi connectivity index (χ4v) is 2.45. The molecule has 1 aliphatic rings. The van der Waals surface area contributed by atoms with Crippen molar-refractivity contribution in [3.05, 3.63) is 42.5 Å². The third-order valence-corrected chi connectivity index (χ3v) is 3.85. The van der Waals surface area contributed by atoms with Crippen LogP contribution in [0.4, 0.5) is 0 Å². The molecule has 2 aromatic rings. The molecule has 0 spiro atoms. The molecule has 0 saturated heterocycles. The van der Waals surface area contributed by atoms with Crippen LogP contribution in [0.25, 0.3) is 10.8 Å². The molecular formula is C18H23ClN2O2. The number of carbonyl (C=O) groups excluding carboxylic acids is 1. The first-order valence-corrected chi connectivity index (χ1v) is 7.91. The van der Waals surface area contributed by atoms with Crippen LogP contribution in [-0.4, -0.2) is 32.1 Å². The van der Waals surface area contributed by atoms with Crippen molar-refractivity contribution in [1.82, 2.24) is 10.6 Å². The molecule has 1 amide bonds. The molecule has 0 bridgehead atoms. The zero-order valence-corrected chi connectivity index (χ0v) is 13.9. The van der Waals surface area contributed by atoms with Crippen LogP contribution < -0.4 is 15.4 Å². The highest BCUT2D eigenvalue weighted by molar-refractivity contribution is 5.88. The van der Waals surface area contributed by atoms with Crippen LogP contribution in [0.1, 0.15) is 12.8 Å². The van der Waals surface area contributed by atoms with E-state index in [4.69, 9.17) is 4.74 Å². The topological polar surface area (TPSA) is 50.4 Å². The zero-order chi connectivity index (χ0) is 15.2. The Morgan fingerprint density at radius 2 is 1.91 bits per heavy atom. The number of benzene rings is 2. The average Bonchev–Trinajstić information content (AvgIpc) is 3.36. The standard InChI is InChI=1S/C18H22N2O2.ClH/c21-18(13-19-12-14-8-9-14)20-10-11-22-17-7-3-5-15-4-1-2-6-16(15)17;/h1-7,14,19H,8-13H2,(H,20,21);1H. The van der Waals surface area contributed by atoms with E-state index in [9.17, 15) is 4.79 Å². The van der Waals surface area contributed by atoms with Crippen molar-refractivity contribution in [2.45, 2.75) is 12.8 Å². The van der Waals surface area contributed by atoms with Crippen molar-refractivity contribution in [3.8, 4) is 5.75 Å². The molecule has 4 nitrogen and oxygen atoms in total. The van der Waals surface area contributed by atoms with Crippen molar-refractivity contribution in [2.75, 3.05) is 26.2 Å². The van der Waals surface area contributed by atoms with Crippen LogP contribution in [0, 0.1) is 5.92 Å². The lowest BCUT2D eigenvalue weighted by atomic mass is 10.1. The Labute approximate surface area is 143 Å². The van der Waals surface area contributed by atoms with Crippen molar-refractivity contribution in [3.63, 3.8) is 0 Å². The zero-order valence-electron chi connectivity index (χ0n) is 13.1. The molecule has 0 radical (unpaired) electrons. The summed E-state index contributed by atoms with van der Waals surface area (Å²) in [5.41, 5.74) is 0. The minimum atomic E-state index is 0. The highest BCUT2D eigenvalue weighted by Gasteiger charge is 2.20. The minimum absolute atomic E-state index is 0. The van der Waals surface area contributed by atoms with Crippen LogP contribution >= 0.6 is 12.4 Å². The lowest BCUT2D eigenvalue weighted by Crippen LogP contribution is -2.36. The number of ether oxygens (including phenoxy) is 1. The molecule has 0 unspecified atom stereocenters. The Balaban J connectivity index is 0.00000192. The second-order valence-corrected chi connectivity index (χ2v) is 5.75. The van der Waals surface area contributed by atoms with Gasteiger partial charge in [0.15, 0.2) is 0 Å². The molecule has 23 heavy (non-hydrogen) atoms. The highest BCUT2D eigenvalue weighted by Crippen LogP contribution is 2.27. The van der Waals surface area contributed by atoms with E-state index < -0.39 is 0 Å². The van der Waals surface area contributed by atoms with Crippen molar-refractivity contribution in [2.24, 2.45) is 5.92 Å². The summed E-state index contributed by atoms with van der Waals surface area (Å²) in [5, 5.41) is 8.31. The van der Waals surface area contributed by atoms with Gasteiger partial charge in [-0.1, -0.05) is 36.4 Å². The van der Waals surface area contributed by atoms with Gasteiger partial charge in [0.25, 0.3) is 0 Å². The summed E-state index contributed by atoms with van der Waals surface area (Å²) in [7, 11) is 0. The van der Waals surface area contributed by atoms with E-state index in [1.54, 1.807) is 0 Å². The SMILES string of the molecule is Cl.O=C(CNCC1CC1)NCCOc1cccc2ccccc12. The van der Waals surface area contributed by atoms with Crippen LogP contribution in [0.5, 0.6) is 5.75 Å². The van der Waals surface area contributed by atoms with E-state index in [1.165, 1.54) is 12.8 Å². The first kappa shape index (κ1) is 17.6. The third-order valence-electron chi connectivity index (χ3n) is 3.85. The van der Waals surface area contributed by atoms with Gasteiger partial charge in [0, 0.05) is 5.39 Å². The first-order chi connectivity index (χ1) is 10.8. The second-order valence-electron chi connectivity index (χ2n) is 5.75. The number of halogens is 1. The van der Waals surface area contributed by atoms with E-state index >= 15 is 0 Å². The Kier molecular flexibility index (Phi) is 6.68. The van der Waals surface area contributed by atoms with Gasteiger partial charge in [0.2, 0.25) is 5.91 Å². The molecule has 0 heterocycles. The maximum atomic E-state index is 11.6. The first-order valence-electron chi connectivity index (χ1n) is 7.91. The van der Waals surface area contributed by atoms with Crippen LogP contribution in [0.2, 0.25) is 0 Å². The van der Waals surface area contributed by atoms with E-state index in [-0.39, 0.29) is 18.3 Å². The third kappa shape index (κ3) is 5.41. The maximum Gasteiger partial charge on any atom is 0.234 e. The molecule has 5 heteroatoms. The normalized spacial score (nSPS) is 13.4. The summed E-state index contributed by atoms with van der Waals surface area (Å²) in [6.07, 6.45) is 2.60. The molecule has 2 N–H and O–H groups in total.